The second kappa shape index (κ2) is 15.0. The number of aliphatic carboxylic acids is 1. The molecule has 0 saturated carbocycles. The van der Waals surface area contributed by atoms with Gasteiger partial charge in [0.05, 0.1) is 25.6 Å². The van der Waals surface area contributed by atoms with Gasteiger partial charge >= 0.3 is 11.9 Å². The molecule has 32 heavy (non-hydrogen) atoms. The number of carbonyl (C=O) groups excluding carboxylic acids is 2. The summed E-state index contributed by atoms with van der Waals surface area (Å²) >= 11 is 0. The number of hydrogen-bond acceptors (Lipinski definition) is 5. The van der Waals surface area contributed by atoms with Gasteiger partial charge in [-0.1, -0.05) is 77.5 Å². The fraction of sp³-hybridized carbons (Fsp3) is 0.731. The molecule has 0 aliphatic heterocycles. The van der Waals surface area contributed by atoms with E-state index in [0.29, 0.717) is 6.61 Å². The van der Waals surface area contributed by atoms with Crippen LogP contribution in [0.2, 0.25) is 0 Å². The molecule has 6 heteroatoms. The number of ketones is 1. The van der Waals surface area contributed by atoms with Crippen LogP contribution in [0.15, 0.2) is 24.3 Å². The molecule has 0 aromatic rings. The third kappa shape index (κ3) is 11.1. The van der Waals surface area contributed by atoms with Crippen molar-refractivity contribution in [3.63, 3.8) is 0 Å². The Kier molecular flexibility index (Phi) is 13.2. The number of rotatable bonds is 17. The summed E-state index contributed by atoms with van der Waals surface area (Å²) in [5.74, 6) is -1.26. The number of carboxylic acid groups (broad SMARTS) is 1. The minimum Gasteiger partial charge on any atom is -0.481 e. The molecule has 0 bridgehead atoms. The van der Waals surface area contributed by atoms with E-state index in [4.69, 9.17) is 9.84 Å². The van der Waals surface area contributed by atoms with E-state index in [-0.39, 0.29) is 35.9 Å². The van der Waals surface area contributed by atoms with Gasteiger partial charge in [0.25, 0.3) is 0 Å². The first-order valence-electron chi connectivity index (χ1n) is 12.1. The molecule has 1 rings (SSSR count). The van der Waals surface area contributed by atoms with Gasteiger partial charge in [-0.3, -0.25) is 14.4 Å². The van der Waals surface area contributed by atoms with Crippen molar-refractivity contribution in [3.8, 4) is 0 Å². The third-order valence-corrected chi connectivity index (χ3v) is 6.27. The van der Waals surface area contributed by atoms with Crippen LogP contribution in [-0.4, -0.2) is 40.6 Å². The first-order valence-corrected chi connectivity index (χ1v) is 12.1. The minimum atomic E-state index is -0.998. The van der Waals surface area contributed by atoms with E-state index < -0.39 is 18.0 Å². The van der Waals surface area contributed by atoms with Crippen LogP contribution in [-0.2, 0) is 19.1 Å². The van der Waals surface area contributed by atoms with Gasteiger partial charge in [0.1, 0.15) is 0 Å². The number of aliphatic hydroxyl groups is 1. The average Bonchev–Trinajstić information content (AvgIpc) is 3.10. The van der Waals surface area contributed by atoms with Gasteiger partial charge < -0.3 is 14.9 Å². The van der Waals surface area contributed by atoms with Crippen molar-refractivity contribution in [2.45, 2.75) is 97.5 Å². The number of esters is 1. The standard InChI is InChI=1S/C26H42O6/c1-4-5-18-26(2,3)23(28)15-13-20-12-14-22(27)21(20)11-9-7-6-8-10-19-32-25(31)17-16-24(29)30/h12-15,20-21,23,28H,4-11,16-19H2,1-3H3,(H,29,30)/t20-,21-,23-/m1/s1. The van der Waals surface area contributed by atoms with E-state index in [1.807, 2.05) is 18.2 Å². The number of unbranched alkanes of at least 4 members (excludes halogenated alkanes) is 5. The van der Waals surface area contributed by atoms with Crippen LogP contribution in [0.5, 0.6) is 0 Å². The zero-order valence-electron chi connectivity index (χ0n) is 20.1. The smallest absolute Gasteiger partial charge is 0.306 e. The third-order valence-electron chi connectivity index (χ3n) is 6.27. The van der Waals surface area contributed by atoms with Crippen LogP contribution >= 0.6 is 0 Å². The Hall–Kier alpha value is -1.95. The molecule has 0 spiro atoms. The molecule has 6 nitrogen and oxygen atoms in total. The SMILES string of the molecule is CCCCC(C)(C)[C@H](O)C=C[C@H]1C=CC(=O)[C@@H]1CCCCCCCOC(=O)CCC(=O)O. The Morgan fingerprint density at radius 2 is 1.81 bits per heavy atom. The molecule has 0 aromatic carbocycles. The first-order chi connectivity index (χ1) is 15.2. The molecule has 0 saturated heterocycles. The highest BCUT2D eigenvalue weighted by atomic mass is 16.5. The maximum absolute atomic E-state index is 12.3. The largest absolute Gasteiger partial charge is 0.481 e. The molecule has 0 aromatic heterocycles. The highest BCUT2D eigenvalue weighted by Gasteiger charge is 2.29. The highest BCUT2D eigenvalue weighted by molar-refractivity contribution is 5.94. The summed E-state index contributed by atoms with van der Waals surface area (Å²) in [7, 11) is 0. The molecule has 0 heterocycles. The fourth-order valence-electron chi connectivity index (χ4n) is 3.92. The molecular formula is C26H42O6. The molecule has 0 unspecified atom stereocenters. The summed E-state index contributed by atoms with van der Waals surface area (Å²) in [5, 5.41) is 19.1. The van der Waals surface area contributed by atoms with Crippen molar-refractivity contribution in [3.05, 3.63) is 24.3 Å². The summed E-state index contributed by atoms with van der Waals surface area (Å²) in [6.45, 7) is 6.65. The van der Waals surface area contributed by atoms with Crippen LogP contribution in [0.4, 0.5) is 0 Å². The fourth-order valence-corrected chi connectivity index (χ4v) is 3.92. The van der Waals surface area contributed by atoms with E-state index in [0.717, 1.165) is 57.8 Å². The lowest BCUT2D eigenvalue weighted by Crippen LogP contribution is -2.27. The van der Waals surface area contributed by atoms with Crippen molar-refractivity contribution in [2.75, 3.05) is 6.61 Å². The molecule has 0 radical (unpaired) electrons. The van der Waals surface area contributed by atoms with Crippen molar-refractivity contribution < 1.29 is 29.3 Å². The second-order valence-electron chi connectivity index (χ2n) is 9.54. The summed E-state index contributed by atoms with van der Waals surface area (Å²) < 4.78 is 5.02. The normalized spacial score (nSPS) is 19.6. The van der Waals surface area contributed by atoms with Crippen molar-refractivity contribution in [2.24, 2.45) is 17.3 Å². The number of hydrogen-bond donors (Lipinski definition) is 2. The van der Waals surface area contributed by atoms with Crippen LogP contribution in [0.25, 0.3) is 0 Å². The molecule has 1 aliphatic carbocycles. The lowest BCUT2D eigenvalue weighted by atomic mass is 9.80. The zero-order valence-corrected chi connectivity index (χ0v) is 20.1. The van der Waals surface area contributed by atoms with Crippen LogP contribution in [0.3, 0.4) is 0 Å². The van der Waals surface area contributed by atoms with Crippen molar-refractivity contribution in [1.82, 2.24) is 0 Å². The maximum atomic E-state index is 12.3. The van der Waals surface area contributed by atoms with Gasteiger partial charge in [-0.2, -0.15) is 0 Å². The number of carbonyl (C=O) groups is 3. The molecule has 0 amide bonds. The van der Waals surface area contributed by atoms with Gasteiger partial charge in [-0.25, -0.2) is 0 Å². The summed E-state index contributed by atoms with van der Waals surface area (Å²) in [6, 6.07) is 0. The van der Waals surface area contributed by atoms with E-state index in [1.165, 1.54) is 0 Å². The van der Waals surface area contributed by atoms with E-state index in [9.17, 15) is 19.5 Å². The quantitative estimate of drug-likeness (QED) is 0.179. The predicted octanol–water partition coefficient (Wildman–Crippen LogP) is 5.24. The molecule has 1 aliphatic rings. The van der Waals surface area contributed by atoms with Gasteiger partial charge in [0.15, 0.2) is 5.78 Å². The summed E-state index contributed by atoms with van der Waals surface area (Å²) in [4.78, 5) is 34.0. The first kappa shape index (κ1) is 28.1. The average molecular weight is 451 g/mol. The van der Waals surface area contributed by atoms with Crippen LogP contribution < -0.4 is 0 Å². The minimum absolute atomic E-state index is 0.0348. The summed E-state index contributed by atoms with van der Waals surface area (Å²) in [5.41, 5.74) is -0.168. The Morgan fingerprint density at radius 3 is 2.50 bits per heavy atom. The van der Waals surface area contributed by atoms with E-state index in [1.54, 1.807) is 6.08 Å². The second-order valence-corrected chi connectivity index (χ2v) is 9.54. The van der Waals surface area contributed by atoms with Crippen LogP contribution in [0.1, 0.15) is 91.4 Å². The number of aliphatic hydroxyl groups excluding tert-OH is 1. The van der Waals surface area contributed by atoms with E-state index in [2.05, 4.69) is 20.8 Å². The zero-order chi connectivity index (χ0) is 24.0. The summed E-state index contributed by atoms with van der Waals surface area (Å²) in [6.07, 6.45) is 15.4. The lowest BCUT2D eigenvalue weighted by Gasteiger charge is -2.29. The Labute approximate surface area is 193 Å². The molecule has 182 valence electrons. The van der Waals surface area contributed by atoms with Gasteiger partial charge in [0.2, 0.25) is 0 Å². The van der Waals surface area contributed by atoms with Gasteiger partial charge in [-0.15, -0.1) is 0 Å². The monoisotopic (exact) mass is 450 g/mol. The molecule has 2 N–H and O–H groups in total. The molecule has 0 fully saturated rings. The van der Waals surface area contributed by atoms with Crippen molar-refractivity contribution in [1.29, 1.82) is 0 Å². The molecule has 3 atom stereocenters. The van der Waals surface area contributed by atoms with Gasteiger partial charge in [0, 0.05) is 11.8 Å². The highest BCUT2D eigenvalue weighted by Crippen LogP contribution is 2.32. The Morgan fingerprint density at radius 1 is 1.12 bits per heavy atom. The topological polar surface area (TPSA) is 101 Å². The maximum Gasteiger partial charge on any atom is 0.306 e. The lowest BCUT2D eigenvalue weighted by molar-refractivity contribution is -0.147. The van der Waals surface area contributed by atoms with E-state index >= 15 is 0 Å². The molecular weight excluding hydrogens is 408 g/mol. The number of allylic oxidation sites excluding steroid dienone is 3. The predicted molar refractivity (Wildman–Crippen MR) is 125 cm³/mol. The Balaban J connectivity index is 2.25. The Bertz CT molecular complexity index is 649. The number of carboxylic acids is 1. The van der Waals surface area contributed by atoms with Crippen LogP contribution in [0, 0.1) is 17.3 Å². The van der Waals surface area contributed by atoms with Crippen molar-refractivity contribution >= 4 is 17.7 Å². The van der Waals surface area contributed by atoms with Gasteiger partial charge in [-0.05, 0) is 30.8 Å². The number of ether oxygens (including phenoxy) is 1.